The van der Waals surface area contributed by atoms with E-state index in [2.05, 4.69) is 34.3 Å². The SMILES string of the molecule is CC(CNc1cc(Cl)nc(N)n1)Sc1ccccc1. The molecule has 100 valence electrons. The van der Waals surface area contributed by atoms with Crippen molar-refractivity contribution in [1.82, 2.24) is 9.97 Å². The summed E-state index contributed by atoms with van der Waals surface area (Å²) in [4.78, 5) is 9.14. The summed E-state index contributed by atoms with van der Waals surface area (Å²) in [6, 6.07) is 11.9. The molecule has 0 saturated carbocycles. The predicted molar refractivity (Wildman–Crippen MR) is 81.7 cm³/mol. The molecule has 0 fully saturated rings. The maximum atomic E-state index is 5.82. The van der Waals surface area contributed by atoms with Crippen LogP contribution >= 0.6 is 23.4 Å². The molecule has 2 aromatic rings. The Hall–Kier alpha value is -1.46. The third-order valence-corrected chi connectivity index (χ3v) is 3.67. The summed E-state index contributed by atoms with van der Waals surface area (Å²) < 4.78 is 0. The van der Waals surface area contributed by atoms with E-state index in [4.69, 9.17) is 17.3 Å². The molecule has 3 N–H and O–H groups in total. The van der Waals surface area contributed by atoms with Gasteiger partial charge in [0.2, 0.25) is 5.95 Å². The van der Waals surface area contributed by atoms with Gasteiger partial charge in [0, 0.05) is 22.8 Å². The molecule has 1 aromatic heterocycles. The first-order chi connectivity index (χ1) is 9.13. The van der Waals surface area contributed by atoms with Gasteiger partial charge in [0.25, 0.3) is 0 Å². The summed E-state index contributed by atoms with van der Waals surface area (Å²) >= 11 is 7.62. The molecule has 0 aliphatic carbocycles. The molecule has 6 heteroatoms. The second-order valence-corrected chi connectivity index (χ2v) is 5.96. The third kappa shape index (κ3) is 4.61. The number of anilines is 2. The minimum atomic E-state index is 0.179. The molecule has 19 heavy (non-hydrogen) atoms. The molecule has 0 amide bonds. The third-order valence-electron chi connectivity index (χ3n) is 2.36. The number of benzene rings is 1. The highest BCUT2D eigenvalue weighted by Gasteiger charge is 2.06. The summed E-state index contributed by atoms with van der Waals surface area (Å²) in [5, 5.41) is 3.96. The van der Waals surface area contributed by atoms with Gasteiger partial charge in [-0.2, -0.15) is 4.98 Å². The first kappa shape index (κ1) is 14.0. The van der Waals surface area contributed by atoms with Crippen molar-refractivity contribution in [2.24, 2.45) is 0 Å². The lowest BCUT2D eigenvalue weighted by Gasteiger charge is -2.13. The highest BCUT2D eigenvalue weighted by Crippen LogP contribution is 2.23. The number of nitrogens with zero attached hydrogens (tertiary/aromatic N) is 2. The first-order valence-electron chi connectivity index (χ1n) is 5.89. The second-order valence-electron chi connectivity index (χ2n) is 4.06. The van der Waals surface area contributed by atoms with Crippen molar-refractivity contribution in [2.45, 2.75) is 17.1 Å². The molecule has 0 bridgehead atoms. The van der Waals surface area contributed by atoms with E-state index >= 15 is 0 Å². The molecule has 0 aliphatic rings. The van der Waals surface area contributed by atoms with Crippen molar-refractivity contribution in [1.29, 1.82) is 0 Å². The van der Waals surface area contributed by atoms with Crippen LogP contribution in [0, 0.1) is 0 Å². The molecule has 1 atom stereocenters. The Labute approximate surface area is 121 Å². The maximum absolute atomic E-state index is 5.82. The van der Waals surface area contributed by atoms with Crippen LogP contribution in [0.15, 0.2) is 41.3 Å². The van der Waals surface area contributed by atoms with Crippen LogP contribution in [0.3, 0.4) is 0 Å². The standard InChI is InChI=1S/C13H15ClN4S/c1-9(19-10-5-3-2-4-6-10)8-16-12-7-11(14)17-13(15)18-12/h2-7,9H,8H2,1H3,(H3,15,16,17,18). The van der Waals surface area contributed by atoms with E-state index in [-0.39, 0.29) is 5.95 Å². The molecule has 1 aromatic carbocycles. The first-order valence-corrected chi connectivity index (χ1v) is 7.15. The largest absolute Gasteiger partial charge is 0.369 e. The maximum Gasteiger partial charge on any atom is 0.223 e. The van der Waals surface area contributed by atoms with E-state index in [1.54, 1.807) is 17.8 Å². The van der Waals surface area contributed by atoms with Gasteiger partial charge in [0.05, 0.1) is 0 Å². The van der Waals surface area contributed by atoms with Gasteiger partial charge >= 0.3 is 0 Å². The fraction of sp³-hybridized carbons (Fsp3) is 0.231. The minimum absolute atomic E-state index is 0.179. The molecule has 0 spiro atoms. The zero-order valence-corrected chi connectivity index (χ0v) is 12.1. The topological polar surface area (TPSA) is 63.8 Å². The number of rotatable bonds is 5. The summed E-state index contributed by atoms with van der Waals surface area (Å²) in [6.07, 6.45) is 0. The Morgan fingerprint density at radius 2 is 2.05 bits per heavy atom. The van der Waals surface area contributed by atoms with E-state index in [1.807, 2.05) is 18.2 Å². The number of hydrogen-bond donors (Lipinski definition) is 2. The molecule has 1 heterocycles. The van der Waals surface area contributed by atoms with E-state index in [0.717, 1.165) is 6.54 Å². The van der Waals surface area contributed by atoms with Crippen LogP contribution in [0.2, 0.25) is 5.15 Å². The van der Waals surface area contributed by atoms with Crippen LogP contribution in [0.25, 0.3) is 0 Å². The Balaban J connectivity index is 1.88. The zero-order valence-electron chi connectivity index (χ0n) is 10.5. The normalized spacial score (nSPS) is 12.1. The minimum Gasteiger partial charge on any atom is -0.369 e. The Morgan fingerprint density at radius 3 is 2.74 bits per heavy atom. The molecule has 0 aliphatic heterocycles. The second kappa shape index (κ2) is 6.63. The molecule has 0 saturated heterocycles. The van der Waals surface area contributed by atoms with Crippen molar-refractivity contribution in [3.63, 3.8) is 0 Å². The van der Waals surface area contributed by atoms with E-state index in [9.17, 15) is 0 Å². The highest BCUT2D eigenvalue weighted by molar-refractivity contribution is 8.00. The smallest absolute Gasteiger partial charge is 0.223 e. The summed E-state index contributed by atoms with van der Waals surface area (Å²) in [6.45, 7) is 2.92. The average molecular weight is 295 g/mol. The van der Waals surface area contributed by atoms with E-state index in [1.165, 1.54) is 4.90 Å². The van der Waals surface area contributed by atoms with Gasteiger partial charge in [-0.1, -0.05) is 36.7 Å². The lowest BCUT2D eigenvalue weighted by Crippen LogP contribution is -2.14. The quantitative estimate of drug-likeness (QED) is 0.654. The van der Waals surface area contributed by atoms with Crippen molar-refractivity contribution < 1.29 is 0 Å². The molecule has 1 unspecified atom stereocenters. The monoisotopic (exact) mass is 294 g/mol. The fourth-order valence-electron chi connectivity index (χ4n) is 1.55. The highest BCUT2D eigenvalue weighted by atomic mass is 35.5. The molecule has 4 nitrogen and oxygen atoms in total. The van der Waals surface area contributed by atoms with Crippen LogP contribution in [-0.4, -0.2) is 21.8 Å². The summed E-state index contributed by atoms with van der Waals surface area (Å²) in [5.74, 6) is 0.830. The van der Waals surface area contributed by atoms with Crippen molar-refractivity contribution in [3.8, 4) is 0 Å². The van der Waals surface area contributed by atoms with Crippen LogP contribution in [0.4, 0.5) is 11.8 Å². The van der Waals surface area contributed by atoms with E-state index in [0.29, 0.717) is 16.2 Å². The van der Waals surface area contributed by atoms with Crippen LogP contribution in [0.5, 0.6) is 0 Å². The van der Waals surface area contributed by atoms with Gasteiger partial charge in [-0.3, -0.25) is 0 Å². The molecular formula is C13H15ClN4S. The molecule has 2 rings (SSSR count). The fourth-order valence-corrected chi connectivity index (χ4v) is 2.68. The zero-order chi connectivity index (χ0) is 13.7. The Kier molecular flexibility index (Phi) is 4.87. The van der Waals surface area contributed by atoms with Gasteiger partial charge in [-0.05, 0) is 12.1 Å². The average Bonchev–Trinajstić information content (AvgIpc) is 2.36. The van der Waals surface area contributed by atoms with Crippen molar-refractivity contribution >= 4 is 35.1 Å². The Bertz CT molecular complexity index is 515. The number of nitrogen functional groups attached to an aromatic ring is 1. The van der Waals surface area contributed by atoms with Crippen LogP contribution < -0.4 is 11.1 Å². The van der Waals surface area contributed by atoms with Gasteiger partial charge in [-0.15, -0.1) is 11.8 Å². The van der Waals surface area contributed by atoms with Crippen molar-refractivity contribution in [2.75, 3.05) is 17.6 Å². The predicted octanol–water partition coefficient (Wildman–Crippen LogP) is 3.30. The number of nitrogens with two attached hydrogens (primary N) is 1. The summed E-state index contributed by atoms with van der Waals surface area (Å²) in [5.41, 5.74) is 5.54. The molecule has 0 radical (unpaired) electrons. The van der Waals surface area contributed by atoms with Gasteiger partial charge in [-0.25, -0.2) is 4.98 Å². The number of nitrogens with one attached hydrogen (secondary N) is 1. The molecular weight excluding hydrogens is 280 g/mol. The Morgan fingerprint density at radius 1 is 1.32 bits per heavy atom. The number of thioether (sulfide) groups is 1. The van der Waals surface area contributed by atoms with Crippen molar-refractivity contribution in [3.05, 3.63) is 41.6 Å². The lowest BCUT2D eigenvalue weighted by atomic mass is 10.4. The van der Waals surface area contributed by atoms with Crippen LogP contribution in [-0.2, 0) is 0 Å². The van der Waals surface area contributed by atoms with Gasteiger partial charge in [0.15, 0.2) is 0 Å². The lowest BCUT2D eigenvalue weighted by molar-refractivity contribution is 0.984. The summed E-state index contributed by atoms with van der Waals surface area (Å²) in [7, 11) is 0. The van der Waals surface area contributed by atoms with Gasteiger partial charge < -0.3 is 11.1 Å². The number of aromatic nitrogens is 2. The number of hydrogen-bond acceptors (Lipinski definition) is 5. The van der Waals surface area contributed by atoms with Crippen LogP contribution in [0.1, 0.15) is 6.92 Å². The van der Waals surface area contributed by atoms with Gasteiger partial charge in [0.1, 0.15) is 11.0 Å². The van der Waals surface area contributed by atoms with E-state index < -0.39 is 0 Å². The number of halogens is 1.